The summed E-state index contributed by atoms with van der Waals surface area (Å²) in [6.45, 7) is -0.322. The normalized spacial score (nSPS) is 23.9. The van der Waals surface area contributed by atoms with E-state index < -0.39 is 57.5 Å². The van der Waals surface area contributed by atoms with E-state index in [0.717, 1.165) is 17.0 Å². The van der Waals surface area contributed by atoms with Crippen LogP contribution in [0.2, 0.25) is 16.7 Å². The van der Waals surface area contributed by atoms with E-state index in [2.05, 4.69) is 0 Å². The van der Waals surface area contributed by atoms with Crippen molar-refractivity contribution < 1.29 is 28.0 Å². The predicted octanol–water partition coefficient (Wildman–Crippen LogP) is -0.118. The number of hydrogen-bond donors (Lipinski definition) is 1. The summed E-state index contributed by atoms with van der Waals surface area (Å²) in [6, 6.07) is 8.12. The summed E-state index contributed by atoms with van der Waals surface area (Å²) in [5.41, 5.74) is -2.69. The number of hydrogen-bond acceptors (Lipinski definition) is 4. The van der Waals surface area contributed by atoms with Gasteiger partial charge in [-0.15, -0.1) is 0 Å². The molecule has 0 bridgehead atoms. The molecule has 12 radical (unpaired) electrons. The van der Waals surface area contributed by atoms with E-state index in [0.29, 0.717) is 0 Å². The van der Waals surface area contributed by atoms with Crippen molar-refractivity contribution in [3.8, 4) is 0 Å². The highest BCUT2D eigenvalue weighted by atomic mass is 35.5. The summed E-state index contributed by atoms with van der Waals surface area (Å²) >= 11 is 5.71. The SMILES string of the molecule is [B]C1C(=O)N([B])C(=O)[C@]([B])(N2Cc3cc(C([B])([B])NC(=O)C(F)(F)c4ccc(Cl)cc4)ccc3C2=O)C1[B]. The molecule has 38 heavy (non-hydrogen) atoms. The summed E-state index contributed by atoms with van der Waals surface area (Å²) in [7, 11) is 35.5. The Bertz CT molecular complexity index is 1370. The standard InChI is InChI=1S/C22H12B6ClF2N3O4/c23-14-15(24)20(25,19(38)34(28)17(14)36)33-8-9-7-11(3-6-13(9)16(33)35)22(26,27)32-18(37)21(30,31)10-1-4-12(29)5-2-10/h1-7,14-15H,8H2,(H,32,37)/t14?,15?,20-/m1/s1. The van der Waals surface area contributed by atoms with Crippen molar-refractivity contribution >= 4 is 82.4 Å². The van der Waals surface area contributed by atoms with Gasteiger partial charge in [0.15, 0.2) is 0 Å². The largest absolute Gasteiger partial charge is 0.358 e. The fraction of sp³-hybridized carbons (Fsp3) is 0.273. The maximum absolute atomic E-state index is 14.7. The Morgan fingerprint density at radius 1 is 1.05 bits per heavy atom. The van der Waals surface area contributed by atoms with E-state index in [9.17, 15) is 28.0 Å². The first-order chi connectivity index (χ1) is 17.5. The Hall–Kier alpha value is -2.94. The first-order valence-corrected chi connectivity index (χ1v) is 11.3. The maximum atomic E-state index is 14.7. The molecule has 2 aliphatic rings. The second-order valence-electron chi connectivity index (χ2n) is 9.06. The van der Waals surface area contributed by atoms with Gasteiger partial charge in [0.2, 0.25) is 19.8 Å². The molecular formula is C22H12B6ClF2N3O4. The molecule has 1 saturated heterocycles. The second-order valence-corrected chi connectivity index (χ2v) is 9.49. The molecule has 2 aromatic rings. The molecule has 1 fully saturated rings. The number of piperidine rings is 1. The van der Waals surface area contributed by atoms with Crippen molar-refractivity contribution in [3.05, 3.63) is 69.7 Å². The van der Waals surface area contributed by atoms with Crippen molar-refractivity contribution in [2.75, 3.05) is 0 Å². The van der Waals surface area contributed by atoms with Crippen LogP contribution in [0.1, 0.15) is 27.0 Å². The van der Waals surface area contributed by atoms with E-state index in [-0.39, 0.29) is 33.1 Å². The molecule has 4 amide bonds. The monoisotopic (exact) mass is 521 g/mol. The molecular weight excluding hydrogens is 509 g/mol. The fourth-order valence-electron chi connectivity index (χ4n) is 4.32. The summed E-state index contributed by atoms with van der Waals surface area (Å²) in [5.74, 6) is -11.6. The van der Waals surface area contributed by atoms with Crippen molar-refractivity contribution in [1.29, 1.82) is 0 Å². The minimum absolute atomic E-state index is 0.0520. The highest BCUT2D eigenvalue weighted by molar-refractivity contribution is 6.47. The molecule has 7 nitrogen and oxygen atoms in total. The average Bonchev–Trinajstić information content (AvgIpc) is 3.21. The zero-order chi connectivity index (χ0) is 28.4. The summed E-state index contributed by atoms with van der Waals surface area (Å²) in [6.07, 6.45) is 0. The third-order valence-electron chi connectivity index (χ3n) is 6.62. The Balaban J connectivity index is 1.60. The van der Waals surface area contributed by atoms with Crippen LogP contribution in [0, 0.1) is 0 Å². The minimum atomic E-state index is -4.01. The number of nitrogens with zero attached hydrogens (tertiary/aromatic N) is 2. The van der Waals surface area contributed by atoms with Crippen LogP contribution in [0.3, 0.4) is 0 Å². The quantitative estimate of drug-likeness (QED) is 0.440. The smallest absolute Gasteiger partial charge is 0.349 e. The molecule has 0 aliphatic carbocycles. The molecule has 2 heterocycles. The molecule has 2 aliphatic heterocycles. The van der Waals surface area contributed by atoms with E-state index in [1.807, 2.05) is 5.32 Å². The Labute approximate surface area is 229 Å². The van der Waals surface area contributed by atoms with Crippen molar-refractivity contribution in [1.82, 2.24) is 15.0 Å². The number of benzene rings is 2. The van der Waals surface area contributed by atoms with Crippen molar-refractivity contribution in [2.45, 2.75) is 34.9 Å². The van der Waals surface area contributed by atoms with Crippen LogP contribution in [-0.2, 0) is 32.2 Å². The number of fused-ring (bicyclic) bond motifs is 1. The van der Waals surface area contributed by atoms with Crippen LogP contribution >= 0.6 is 11.6 Å². The van der Waals surface area contributed by atoms with Gasteiger partial charge in [0, 0.05) is 22.7 Å². The van der Waals surface area contributed by atoms with Crippen LogP contribution in [0.5, 0.6) is 0 Å². The molecule has 0 aromatic heterocycles. The molecule has 3 atom stereocenters. The highest BCUT2D eigenvalue weighted by Crippen LogP contribution is 2.43. The Morgan fingerprint density at radius 2 is 1.63 bits per heavy atom. The first kappa shape index (κ1) is 28.1. The zero-order valence-corrected chi connectivity index (χ0v) is 20.3. The average molecular weight is 521 g/mol. The fourth-order valence-corrected chi connectivity index (χ4v) is 4.45. The van der Waals surface area contributed by atoms with Gasteiger partial charge in [0.25, 0.3) is 11.8 Å². The highest BCUT2D eigenvalue weighted by Gasteiger charge is 2.55. The van der Waals surface area contributed by atoms with Gasteiger partial charge in [-0.1, -0.05) is 41.7 Å². The van der Waals surface area contributed by atoms with Gasteiger partial charge in [0.1, 0.15) is 7.85 Å². The number of amides is 4. The lowest BCUT2D eigenvalue weighted by Gasteiger charge is -2.51. The van der Waals surface area contributed by atoms with Crippen LogP contribution in [0.25, 0.3) is 0 Å². The topological polar surface area (TPSA) is 86.8 Å². The molecule has 178 valence electrons. The van der Waals surface area contributed by atoms with E-state index >= 15 is 0 Å². The van der Waals surface area contributed by atoms with Gasteiger partial charge in [-0.25, -0.2) is 0 Å². The molecule has 0 saturated carbocycles. The van der Waals surface area contributed by atoms with Crippen molar-refractivity contribution in [3.63, 3.8) is 0 Å². The lowest BCUT2D eigenvalue weighted by molar-refractivity contribution is -0.148. The number of alkyl halides is 2. The number of carbonyl (C=O) groups is 4. The number of rotatable bonds is 5. The molecule has 2 unspecified atom stereocenters. The number of halogens is 3. The van der Waals surface area contributed by atoms with E-state index in [4.69, 9.17) is 58.8 Å². The summed E-state index contributed by atoms with van der Waals surface area (Å²) in [4.78, 5) is 51.6. The zero-order valence-electron chi connectivity index (χ0n) is 19.5. The maximum Gasteiger partial charge on any atom is 0.349 e. The lowest BCUT2D eigenvalue weighted by atomic mass is 9.48. The summed E-state index contributed by atoms with van der Waals surface area (Å²) in [5, 5.41) is -0.211. The van der Waals surface area contributed by atoms with E-state index in [1.54, 1.807) is 0 Å². The summed E-state index contributed by atoms with van der Waals surface area (Å²) < 4.78 is 29.5. The van der Waals surface area contributed by atoms with Gasteiger partial charge in [-0.05, 0) is 40.5 Å². The van der Waals surface area contributed by atoms with E-state index in [1.165, 1.54) is 30.3 Å². The van der Waals surface area contributed by atoms with Gasteiger partial charge in [0.05, 0.1) is 36.8 Å². The molecule has 0 spiro atoms. The van der Waals surface area contributed by atoms with Crippen LogP contribution in [0.4, 0.5) is 8.78 Å². The Morgan fingerprint density at radius 3 is 2.24 bits per heavy atom. The van der Waals surface area contributed by atoms with Crippen molar-refractivity contribution in [2.24, 2.45) is 0 Å². The predicted molar refractivity (Wildman–Crippen MR) is 138 cm³/mol. The van der Waals surface area contributed by atoms with Crippen LogP contribution < -0.4 is 5.32 Å². The Kier molecular flexibility index (Phi) is 6.92. The third kappa shape index (κ3) is 4.28. The van der Waals surface area contributed by atoms with Crippen LogP contribution in [-0.4, -0.2) is 86.0 Å². The third-order valence-corrected chi connectivity index (χ3v) is 6.88. The first-order valence-electron chi connectivity index (χ1n) is 11.0. The van der Waals surface area contributed by atoms with Gasteiger partial charge >= 0.3 is 5.92 Å². The molecule has 4 rings (SSSR count). The van der Waals surface area contributed by atoms with Gasteiger partial charge < -0.3 is 15.0 Å². The molecule has 2 aromatic carbocycles. The lowest BCUT2D eigenvalue weighted by Crippen LogP contribution is -2.68. The minimum Gasteiger partial charge on any atom is -0.358 e. The number of nitrogens with one attached hydrogen (secondary N) is 1. The second kappa shape index (κ2) is 9.36. The van der Waals surface area contributed by atoms with Crippen LogP contribution in [0.15, 0.2) is 42.5 Å². The van der Waals surface area contributed by atoms with Gasteiger partial charge in [-0.2, -0.15) is 8.78 Å². The number of imide groups is 1. The molecule has 16 heteroatoms. The number of carbonyl (C=O) groups excluding carboxylic acids is 4. The van der Waals surface area contributed by atoms with Gasteiger partial charge in [-0.3, -0.25) is 19.2 Å². The molecule has 1 N–H and O–H groups in total.